The number of nitrogens with one attached hydrogen (secondary N) is 2. The Morgan fingerprint density at radius 3 is 2.19 bits per heavy atom. The Labute approximate surface area is 180 Å². The van der Waals surface area contributed by atoms with Crippen LogP contribution in [0, 0.1) is 5.82 Å². The summed E-state index contributed by atoms with van der Waals surface area (Å²) in [6, 6.07) is 16.1. The van der Waals surface area contributed by atoms with Gasteiger partial charge in [-0.3, -0.25) is 9.52 Å². The average molecular weight is 444 g/mol. The topological polar surface area (TPSA) is 87.7 Å². The number of anilines is 3. The minimum Gasteiger partial charge on any atom is -0.495 e. The van der Waals surface area contributed by atoms with Gasteiger partial charge in [0.1, 0.15) is 11.6 Å². The Balaban J connectivity index is 1.83. The quantitative estimate of drug-likeness (QED) is 0.577. The molecular weight excluding hydrogens is 421 g/mol. The van der Waals surface area contributed by atoms with Crippen LogP contribution in [0.1, 0.15) is 10.4 Å². The lowest BCUT2D eigenvalue weighted by atomic mass is 10.1. The average Bonchev–Trinajstić information content (AvgIpc) is 2.74. The number of hydrogen-bond donors (Lipinski definition) is 2. The van der Waals surface area contributed by atoms with Gasteiger partial charge in [-0.1, -0.05) is 0 Å². The van der Waals surface area contributed by atoms with E-state index in [1.807, 2.05) is 31.1 Å². The van der Waals surface area contributed by atoms with Crippen LogP contribution in [0.15, 0.2) is 71.6 Å². The number of halogens is 1. The van der Waals surface area contributed by atoms with Gasteiger partial charge in [-0.2, -0.15) is 0 Å². The molecule has 0 aliphatic heterocycles. The first-order chi connectivity index (χ1) is 14.7. The molecule has 0 bridgehead atoms. The molecule has 2 N–H and O–H groups in total. The largest absolute Gasteiger partial charge is 0.495 e. The van der Waals surface area contributed by atoms with E-state index < -0.39 is 15.8 Å². The third-order valence-corrected chi connectivity index (χ3v) is 5.85. The van der Waals surface area contributed by atoms with Crippen molar-refractivity contribution in [3.8, 4) is 5.75 Å². The lowest BCUT2D eigenvalue weighted by Crippen LogP contribution is -2.15. The van der Waals surface area contributed by atoms with E-state index in [4.69, 9.17) is 4.74 Å². The minimum atomic E-state index is -3.99. The van der Waals surface area contributed by atoms with Crippen LogP contribution in [0.4, 0.5) is 21.5 Å². The molecule has 0 aromatic heterocycles. The van der Waals surface area contributed by atoms with Crippen molar-refractivity contribution >= 4 is 33.0 Å². The molecule has 7 nitrogen and oxygen atoms in total. The van der Waals surface area contributed by atoms with E-state index in [2.05, 4.69) is 10.0 Å². The molecule has 0 saturated heterocycles. The molecule has 0 radical (unpaired) electrons. The van der Waals surface area contributed by atoms with Gasteiger partial charge in [-0.15, -0.1) is 0 Å². The molecule has 0 saturated carbocycles. The van der Waals surface area contributed by atoms with Gasteiger partial charge in [-0.25, -0.2) is 12.8 Å². The van der Waals surface area contributed by atoms with Gasteiger partial charge in [0.05, 0.1) is 17.7 Å². The van der Waals surface area contributed by atoms with E-state index in [9.17, 15) is 17.6 Å². The number of rotatable bonds is 7. The SMILES string of the molecule is COc1ccc(NC(=O)c2ccc(N(C)C)cc2)cc1NS(=O)(=O)c1ccc(F)cc1. The van der Waals surface area contributed by atoms with Gasteiger partial charge in [-0.05, 0) is 66.7 Å². The number of carbonyl (C=O) groups excluding carboxylic acids is 1. The van der Waals surface area contributed by atoms with Crippen LogP contribution in [-0.2, 0) is 10.0 Å². The van der Waals surface area contributed by atoms with E-state index in [1.54, 1.807) is 18.2 Å². The van der Waals surface area contributed by atoms with Crippen molar-refractivity contribution in [3.05, 3.63) is 78.1 Å². The second-order valence-electron chi connectivity index (χ2n) is 6.87. The summed E-state index contributed by atoms with van der Waals surface area (Å²) in [4.78, 5) is 14.4. The molecular formula is C22H22FN3O4S. The molecule has 162 valence electrons. The van der Waals surface area contributed by atoms with Crippen LogP contribution < -0.4 is 19.7 Å². The lowest BCUT2D eigenvalue weighted by molar-refractivity contribution is 0.102. The van der Waals surface area contributed by atoms with Crippen molar-refractivity contribution in [1.82, 2.24) is 0 Å². The van der Waals surface area contributed by atoms with E-state index in [0.717, 1.165) is 30.0 Å². The van der Waals surface area contributed by atoms with Gasteiger partial charge in [0.25, 0.3) is 15.9 Å². The third kappa shape index (κ3) is 5.32. The highest BCUT2D eigenvalue weighted by atomic mass is 32.2. The third-order valence-electron chi connectivity index (χ3n) is 4.47. The Kier molecular flexibility index (Phi) is 6.45. The summed E-state index contributed by atoms with van der Waals surface area (Å²) in [6.45, 7) is 0. The fraction of sp³-hybridized carbons (Fsp3) is 0.136. The number of amides is 1. The zero-order chi connectivity index (χ0) is 22.6. The van der Waals surface area contributed by atoms with Crippen molar-refractivity contribution in [2.75, 3.05) is 36.1 Å². The maximum Gasteiger partial charge on any atom is 0.262 e. The number of sulfonamides is 1. The van der Waals surface area contributed by atoms with Crippen molar-refractivity contribution in [2.45, 2.75) is 4.90 Å². The highest BCUT2D eigenvalue weighted by Gasteiger charge is 2.18. The van der Waals surface area contributed by atoms with Crippen molar-refractivity contribution in [3.63, 3.8) is 0 Å². The van der Waals surface area contributed by atoms with Crippen LogP contribution in [0.2, 0.25) is 0 Å². The van der Waals surface area contributed by atoms with Gasteiger partial charge >= 0.3 is 0 Å². The molecule has 0 unspecified atom stereocenters. The standard InChI is InChI=1S/C22H22FN3O4S/c1-26(2)18-9-4-15(5-10-18)22(27)24-17-8-13-21(30-3)20(14-17)25-31(28,29)19-11-6-16(23)7-12-19/h4-14,25H,1-3H3,(H,24,27). The van der Waals surface area contributed by atoms with Crippen LogP contribution in [0.25, 0.3) is 0 Å². The molecule has 0 fully saturated rings. The second kappa shape index (κ2) is 9.05. The zero-order valence-electron chi connectivity index (χ0n) is 17.2. The molecule has 0 atom stereocenters. The summed E-state index contributed by atoms with van der Waals surface area (Å²) in [7, 11) is 1.22. The maximum absolute atomic E-state index is 13.1. The number of benzene rings is 3. The number of hydrogen-bond acceptors (Lipinski definition) is 5. The predicted octanol–water partition coefficient (Wildman–Crippen LogP) is 3.95. The Hall–Kier alpha value is -3.59. The smallest absolute Gasteiger partial charge is 0.262 e. The molecule has 1 amide bonds. The summed E-state index contributed by atoms with van der Waals surface area (Å²) in [5, 5.41) is 2.74. The van der Waals surface area contributed by atoms with Crippen molar-refractivity contribution < 1.29 is 22.3 Å². The second-order valence-corrected chi connectivity index (χ2v) is 8.55. The highest BCUT2D eigenvalue weighted by Crippen LogP contribution is 2.30. The first kappa shape index (κ1) is 22.1. The molecule has 3 rings (SSSR count). The summed E-state index contributed by atoms with van der Waals surface area (Å²) < 4.78 is 46.0. The highest BCUT2D eigenvalue weighted by molar-refractivity contribution is 7.92. The first-order valence-electron chi connectivity index (χ1n) is 9.25. The van der Waals surface area contributed by atoms with Crippen molar-refractivity contribution in [2.24, 2.45) is 0 Å². The zero-order valence-corrected chi connectivity index (χ0v) is 18.0. The minimum absolute atomic E-state index is 0.105. The molecule has 3 aromatic rings. The van der Waals surface area contributed by atoms with Gasteiger partial charge in [0.15, 0.2) is 0 Å². The molecule has 0 aliphatic rings. The molecule has 0 aliphatic carbocycles. The van der Waals surface area contributed by atoms with Gasteiger partial charge in [0, 0.05) is 31.0 Å². The van der Waals surface area contributed by atoms with Crippen molar-refractivity contribution in [1.29, 1.82) is 0 Å². The number of nitrogens with zero attached hydrogens (tertiary/aromatic N) is 1. The van der Waals surface area contributed by atoms with Crippen LogP contribution in [0.3, 0.4) is 0 Å². The Morgan fingerprint density at radius 1 is 0.968 bits per heavy atom. The van der Waals surface area contributed by atoms with E-state index >= 15 is 0 Å². The predicted molar refractivity (Wildman–Crippen MR) is 119 cm³/mol. The van der Waals surface area contributed by atoms with Gasteiger partial charge < -0.3 is 15.0 Å². The maximum atomic E-state index is 13.1. The summed E-state index contributed by atoms with van der Waals surface area (Å²) >= 11 is 0. The molecule has 0 spiro atoms. The van der Waals surface area contributed by atoms with Crippen LogP contribution in [0.5, 0.6) is 5.75 Å². The van der Waals surface area contributed by atoms with E-state index in [-0.39, 0.29) is 22.2 Å². The molecule has 0 heterocycles. The fourth-order valence-corrected chi connectivity index (χ4v) is 3.86. The molecule has 31 heavy (non-hydrogen) atoms. The van der Waals surface area contributed by atoms with E-state index in [1.165, 1.54) is 19.2 Å². The molecule has 9 heteroatoms. The Bertz CT molecular complexity index is 1180. The number of ether oxygens (including phenoxy) is 1. The van der Waals surface area contributed by atoms with E-state index in [0.29, 0.717) is 11.3 Å². The fourth-order valence-electron chi connectivity index (χ4n) is 2.80. The summed E-state index contributed by atoms with van der Waals surface area (Å²) in [6.07, 6.45) is 0. The Morgan fingerprint density at radius 2 is 1.61 bits per heavy atom. The summed E-state index contributed by atoms with van der Waals surface area (Å²) in [5.41, 5.74) is 1.92. The lowest BCUT2D eigenvalue weighted by Gasteiger charge is -2.15. The number of carbonyl (C=O) groups is 1. The van der Waals surface area contributed by atoms with Crippen LogP contribution in [-0.4, -0.2) is 35.5 Å². The van der Waals surface area contributed by atoms with Gasteiger partial charge in [0.2, 0.25) is 0 Å². The number of methoxy groups -OCH3 is 1. The molecule has 3 aromatic carbocycles. The first-order valence-corrected chi connectivity index (χ1v) is 10.7. The monoisotopic (exact) mass is 443 g/mol. The summed E-state index contributed by atoms with van der Waals surface area (Å²) in [5.74, 6) is -0.623. The van der Waals surface area contributed by atoms with Crippen LogP contribution >= 0.6 is 0 Å². The normalized spacial score (nSPS) is 11.0.